The summed E-state index contributed by atoms with van der Waals surface area (Å²) >= 11 is 0. The van der Waals surface area contributed by atoms with E-state index in [1.165, 1.54) is 18.2 Å². The predicted octanol–water partition coefficient (Wildman–Crippen LogP) is 3.77. The molecule has 0 unspecified atom stereocenters. The molecule has 0 atom stereocenters. The van der Waals surface area contributed by atoms with Crippen LogP contribution >= 0.6 is 0 Å². The van der Waals surface area contributed by atoms with E-state index in [0.717, 1.165) is 12.5 Å². The Balaban J connectivity index is 2.25. The molecule has 0 aliphatic carbocycles. The fraction of sp³-hybridized carbons (Fsp3) is 0.111. The van der Waals surface area contributed by atoms with Crippen molar-refractivity contribution in [2.75, 3.05) is 12.5 Å². The molecule has 27 heavy (non-hydrogen) atoms. The maximum atomic E-state index is 12.0. The number of phenolic OH excluding ortho intramolecular Hbond substituents is 1. The van der Waals surface area contributed by atoms with Crippen LogP contribution in [-0.4, -0.2) is 34.5 Å². The molecule has 3 aromatic carbocycles. The molecular formula is C18H16N2O5S2. The average Bonchev–Trinajstić information content (AvgIpc) is 2.60. The van der Waals surface area contributed by atoms with Gasteiger partial charge in [-0.2, -0.15) is 0 Å². The third kappa shape index (κ3) is 3.83. The first-order valence-corrected chi connectivity index (χ1v) is 11.5. The summed E-state index contributed by atoms with van der Waals surface area (Å²) in [5.74, 6) is -0.358. The Bertz CT molecular complexity index is 1280. The van der Waals surface area contributed by atoms with E-state index in [9.17, 15) is 21.9 Å². The number of benzene rings is 3. The lowest BCUT2D eigenvalue weighted by Crippen LogP contribution is -1.98. The van der Waals surface area contributed by atoms with Crippen LogP contribution in [0.25, 0.3) is 10.8 Å². The molecule has 0 saturated heterocycles. The van der Waals surface area contributed by atoms with Crippen molar-refractivity contribution in [3.05, 3.63) is 54.6 Å². The van der Waals surface area contributed by atoms with E-state index < -0.39 is 19.7 Å². The zero-order chi connectivity index (χ0) is 19.8. The van der Waals surface area contributed by atoms with E-state index in [0.29, 0.717) is 10.8 Å². The van der Waals surface area contributed by atoms with Crippen LogP contribution in [0.1, 0.15) is 0 Å². The van der Waals surface area contributed by atoms with Gasteiger partial charge in [-0.25, -0.2) is 16.8 Å². The third-order valence-corrected chi connectivity index (χ3v) is 6.14. The Morgan fingerprint density at radius 2 is 1.22 bits per heavy atom. The first-order chi connectivity index (χ1) is 12.6. The normalized spacial score (nSPS) is 12.7. The van der Waals surface area contributed by atoms with E-state index in [2.05, 4.69) is 10.2 Å². The van der Waals surface area contributed by atoms with Gasteiger partial charge in [-0.15, -0.1) is 10.2 Å². The molecule has 0 fully saturated rings. The van der Waals surface area contributed by atoms with Crippen molar-refractivity contribution in [1.29, 1.82) is 0 Å². The average molecular weight is 404 g/mol. The second-order valence-electron chi connectivity index (χ2n) is 6.00. The molecule has 0 spiro atoms. The molecule has 7 nitrogen and oxygen atoms in total. The maximum absolute atomic E-state index is 12.0. The van der Waals surface area contributed by atoms with Crippen LogP contribution in [0.4, 0.5) is 11.4 Å². The van der Waals surface area contributed by atoms with Gasteiger partial charge in [0.2, 0.25) is 0 Å². The first kappa shape index (κ1) is 19.0. The second-order valence-corrected chi connectivity index (χ2v) is 9.97. The molecule has 0 amide bonds. The van der Waals surface area contributed by atoms with Gasteiger partial charge in [0.25, 0.3) is 0 Å². The van der Waals surface area contributed by atoms with Gasteiger partial charge in [0.05, 0.1) is 10.6 Å². The molecule has 1 N–H and O–H groups in total. The summed E-state index contributed by atoms with van der Waals surface area (Å²) in [6.45, 7) is 0. The summed E-state index contributed by atoms with van der Waals surface area (Å²) in [5.41, 5.74) is 0.338. The van der Waals surface area contributed by atoms with Crippen LogP contribution in [0.5, 0.6) is 5.75 Å². The van der Waals surface area contributed by atoms with Gasteiger partial charge in [0.15, 0.2) is 19.7 Å². The number of phenols is 1. The molecule has 3 rings (SSSR count). The number of nitrogens with zero attached hydrogens (tertiary/aromatic N) is 2. The number of azo groups is 1. The lowest BCUT2D eigenvalue weighted by molar-refractivity contribution is 0.466. The summed E-state index contributed by atoms with van der Waals surface area (Å²) in [6, 6.07) is 14.0. The summed E-state index contributed by atoms with van der Waals surface area (Å²) in [4.78, 5) is -0.258. The van der Waals surface area contributed by atoms with E-state index in [4.69, 9.17) is 0 Å². The van der Waals surface area contributed by atoms with Gasteiger partial charge < -0.3 is 5.11 Å². The van der Waals surface area contributed by atoms with Crippen LogP contribution in [-0.2, 0) is 19.7 Å². The number of hydrogen-bond acceptors (Lipinski definition) is 7. The summed E-state index contributed by atoms with van der Waals surface area (Å²) in [7, 11) is -7.22. The minimum Gasteiger partial charge on any atom is -0.506 e. The molecule has 0 aromatic heterocycles. The van der Waals surface area contributed by atoms with E-state index in [1.54, 1.807) is 36.4 Å². The van der Waals surface area contributed by atoms with Crippen LogP contribution in [0.2, 0.25) is 0 Å². The SMILES string of the molecule is CS(=O)(=O)c1ccccc1N=Nc1cc(S(C)(=O)=O)c(O)c2ccccc12. The number of rotatable bonds is 4. The van der Waals surface area contributed by atoms with Crippen molar-refractivity contribution >= 4 is 41.8 Å². The van der Waals surface area contributed by atoms with Gasteiger partial charge in [-0.1, -0.05) is 36.4 Å². The highest BCUT2D eigenvalue weighted by Gasteiger charge is 2.19. The molecule has 9 heteroatoms. The Morgan fingerprint density at radius 3 is 1.85 bits per heavy atom. The highest BCUT2D eigenvalue weighted by atomic mass is 32.2. The lowest BCUT2D eigenvalue weighted by Gasteiger charge is -2.09. The van der Waals surface area contributed by atoms with Crippen LogP contribution in [0, 0.1) is 0 Å². The Hall–Kier alpha value is -2.78. The minimum absolute atomic E-state index is 0.0140. The topological polar surface area (TPSA) is 113 Å². The molecule has 0 aliphatic rings. The van der Waals surface area contributed by atoms with E-state index in [1.807, 2.05) is 0 Å². The van der Waals surface area contributed by atoms with Crippen LogP contribution in [0.15, 0.2) is 74.6 Å². The quantitative estimate of drug-likeness (QED) is 0.665. The van der Waals surface area contributed by atoms with E-state index in [-0.39, 0.29) is 26.9 Å². The predicted molar refractivity (Wildman–Crippen MR) is 102 cm³/mol. The standard InChI is InChI=1S/C18H16N2O5S2/c1-26(22,23)16-10-6-5-9-14(16)19-20-15-11-17(27(2,24)25)18(21)13-8-4-3-7-12(13)15/h3-11,21H,1-2H3. The molecule has 0 saturated carbocycles. The molecular weight excluding hydrogens is 388 g/mol. The number of aromatic hydroxyl groups is 1. The summed E-state index contributed by atoms with van der Waals surface area (Å²) < 4.78 is 47.8. The molecule has 0 radical (unpaired) electrons. The van der Waals surface area contributed by atoms with Gasteiger partial charge in [0.1, 0.15) is 16.3 Å². The van der Waals surface area contributed by atoms with Crippen molar-refractivity contribution in [2.24, 2.45) is 10.2 Å². The minimum atomic E-state index is -3.71. The fourth-order valence-electron chi connectivity index (χ4n) is 2.64. The molecule has 140 valence electrons. The smallest absolute Gasteiger partial charge is 0.179 e. The Labute approximate surface area is 156 Å². The van der Waals surface area contributed by atoms with Gasteiger partial charge in [-0.05, 0) is 18.2 Å². The first-order valence-electron chi connectivity index (χ1n) is 7.74. The van der Waals surface area contributed by atoms with Crippen LogP contribution in [0.3, 0.4) is 0 Å². The molecule has 0 aliphatic heterocycles. The van der Waals surface area contributed by atoms with Crippen molar-refractivity contribution in [1.82, 2.24) is 0 Å². The summed E-state index contributed by atoms with van der Waals surface area (Å²) in [6.07, 6.45) is 2.05. The third-order valence-electron chi connectivity index (χ3n) is 3.89. The van der Waals surface area contributed by atoms with Crippen molar-refractivity contribution in [3.8, 4) is 5.75 Å². The number of hydrogen-bond donors (Lipinski definition) is 1. The van der Waals surface area contributed by atoms with Gasteiger partial charge in [0, 0.05) is 23.3 Å². The summed E-state index contributed by atoms with van der Waals surface area (Å²) in [5, 5.41) is 19.2. The van der Waals surface area contributed by atoms with Crippen molar-refractivity contribution in [3.63, 3.8) is 0 Å². The zero-order valence-corrected chi connectivity index (χ0v) is 16.1. The zero-order valence-electron chi connectivity index (χ0n) is 14.5. The molecule has 3 aromatic rings. The Morgan fingerprint density at radius 1 is 0.704 bits per heavy atom. The molecule has 0 heterocycles. The Kier molecular flexibility index (Phi) is 4.75. The van der Waals surface area contributed by atoms with Crippen molar-refractivity contribution < 1.29 is 21.9 Å². The number of sulfone groups is 2. The van der Waals surface area contributed by atoms with Gasteiger partial charge in [-0.3, -0.25) is 0 Å². The highest BCUT2D eigenvalue weighted by molar-refractivity contribution is 7.91. The van der Waals surface area contributed by atoms with Crippen molar-refractivity contribution in [2.45, 2.75) is 9.79 Å². The maximum Gasteiger partial charge on any atom is 0.179 e. The molecule has 0 bridgehead atoms. The fourth-order valence-corrected chi connectivity index (χ4v) is 4.24. The van der Waals surface area contributed by atoms with Gasteiger partial charge >= 0.3 is 0 Å². The second kappa shape index (κ2) is 6.75. The highest BCUT2D eigenvalue weighted by Crippen LogP contribution is 2.39. The largest absolute Gasteiger partial charge is 0.506 e. The van der Waals surface area contributed by atoms with Crippen LogP contribution < -0.4 is 0 Å². The van der Waals surface area contributed by atoms with E-state index >= 15 is 0 Å². The number of fused-ring (bicyclic) bond motifs is 1. The monoisotopic (exact) mass is 404 g/mol. The lowest BCUT2D eigenvalue weighted by atomic mass is 10.1.